The van der Waals surface area contributed by atoms with Crippen LogP contribution in [0.1, 0.15) is 11.1 Å². The van der Waals surface area contributed by atoms with Gasteiger partial charge in [0.25, 0.3) is 0 Å². The Kier molecular flexibility index (Phi) is 3.89. The molecule has 1 aliphatic heterocycles. The summed E-state index contributed by atoms with van der Waals surface area (Å²) in [7, 11) is 1.51. The molecule has 0 aromatic heterocycles. The van der Waals surface area contributed by atoms with Gasteiger partial charge in [-0.3, -0.25) is 0 Å². The van der Waals surface area contributed by atoms with E-state index in [0.29, 0.717) is 11.3 Å². The second kappa shape index (κ2) is 6.00. The minimum absolute atomic E-state index is 0.0502. The Morgan fingerprint density at radius 3 is 2.65 bits per heavy atom. The Morgan fingerprint density at radius 2 is 1.91 bits per heavy atom. The predicted molar refractivity (Wildman–Crippen MR) is 80.0 cm³/mol. The molecule has 23 heavy (non-hydrogen) atoms. The second-order valence-electron chi connectivity index (χ2n) is 4.71. The molecule has 2 aromatic rings. The highest BCUT2D eigenvalue weighted by Gasteiger charge is 2.25. The van der Waals surface area contributed by atoms with Crippen LogP contribution in [0.2, 0.25) is 0 Å². The van der Waals surface area contributed by atoms with Crippen LogP contribution in [0.25, 0.3) is 6.08 Å². The van der Waals surface area contributed by atoms with E-state index in [9.17, 15) is 13.6 Å². The third-order valence-corrected chi connectivity index (χ3v) is 3.22. The van der Waals surface area contributed by atoms with Crippen molar-refractivity contribution in [2.24, 2.45) is 4.99 Å². The number of carbonyl (C=O) groups excluding carboxylic acids is 1. The van der Waals surface area contributed by atoms with Crippen molar-refractivity contribution < 1.29 is 23.0 Å². The van der Waals surface area contributed by atoms with E-state index in [1.165, 1.54) is 19.3 Å². The molecule has 0 N–H and O–H groups in total. The SMILES string of the molecule is COc1ccccc1/C=C1\N=C(c2ccc(F)c(F)c2)OC1=O. The lowest BCUT2D eigenvalue weighted by Gasteiger charge is -2.03. The average Bonchev–Trinajstić information content (AvgIpc) is 2.91. The van der Waals surface area contributed by atoms with Gasteiger partial charge in [0.05, 0.1) is 7.11 Å². The monoisotopic (exact) mass is 315 g/mol. The lowest BCUT2D eigenvalue weighted by atomic mass is 10.1. The Morgan fingerprint density at radius 1 is 1.13 bits per heavy atom. The Balaban J connectivity index is 1.98. The van der Waals surface area contributed by atoms with E-state index in [1.807, 2.05) is 0 Å². The summed E-state index contributed by atoms with van der Waals surface area (Å²) < 4.78 is 36.4. The molecule has 116 valence electrons. The first-order chi connectivity index (χ1) is 11.1. The summed E-state index contributed by atoms with van der Waals surface area (Å²) in [5.74, 6) is -2.19. The maximum atomic E-state index is 13.3. The lowest BCUT2D eigenvalue weighted by molar-refractivity contribution is -0.129. The largest absolute Gasteiger partial charge is 0.496 e. The van der Waals surface area contributed by atoms with E-state index in [4.69, 9.17) is 9.47 Å². The molecule has 0 saturated heterocycles. The molecule has 6 heteroatoms. The normalized spacial score (nSPS) is 15.5. The summed E-state index contributed by atoms with van der Waals surface area (Å²) in [4.78, 5) is 15.9. The van der Waals surface area contributed by atoms with E-state index < -0.39 is 17.6 Å². The minimum Gasteiger partial charge on any atom is -0.496 e. The van der Waals surface area contributed by atoms with Crippen molar-refractivity contribution in [2.75, 3.05) is 7.11 Å². The lowest BCUT2D eigenvalue weighted by Crippen LogP contribution is -2.06. The highest BCUT2D eigenvalue weighted by atomic mass is 19.2. The third-order valence-electron chi connectivity index (χ3n) is 3.22. The summed E-state index contributed by atoms with van der Waals surface area (Å²) in [6.07, 6.45) is 1.51. The summed E-state index contributed by atoms with van der Waals surface area (Å²) in [5, 5.41) is 0. The number of cyclic esters (lactones) is 1. The maximum Gasteiger partial charge on any atom is 0.363 e. The van der Waals surface area contributed by atoms with Crippen molar-refractivity contribution in [3.05, 3.63) is 70.9 Å². The van der Waals surface area contributed by atoms with Gasteiger partial charge in [-0.15, -0.1) is 0 Å². The van der Waals surface area contributed by atoms with Crippen LogP contribution in [0.15, 0.2) is 53.2 Å². The summed E-state index contributed by atoms with van der Waals surface area (Å²) in [6, 6.07) is 10.2. The van der Waals surface area contributed by atoms with Gasteiger partial charge in [-0.2, -0.15) is 0 Å². The number of nitrogens with zero attached hydrogens (tertiary/aromatic N) is 1. The number of methoxy groups -OCH3 is 1. The third kappa shape index (κ3) is 2.96. The number of rotatable bonds is 3. The van der Waals surface area contributed by atoms with Gasteiger partial charge >= 0.3 is 5.97 Å². The molecule has 0 unspecified atom stereocenters. The van der Waals surface area contributed by atoms with Gasteiger partial charge in [-0.05, 0) is 30.3 Å². The van der Waals surface area contributed by atoms with Crippen LogP contribution in [0.3, 0.4) is 0 Å². The molecular weight excluding hydrogens is 304 g/mol. The van der Waals surface area contributed by atoms with Crippen molar-refractivity contribution in [3.8, 4) is 5.75 Å². The van der Waals surface area contributed by atoms with E-state index in [-0.39, 0.29) is 17.2 Å². The van der Waals surface area contributed by atoms with Crippen molar-refractivity contribution >= 4 is 17.9 Å². The molecule has 0 radical (unpaired) electrons. The molecule has 0 aliphatic carbocycles. The molecule has 0 fully saturated rings. The first kappa shape index (κ1) is 14.9. The predicted octanol–water partition coefficient (Wildman–Crippen LogP) is 3.32. The molecule has 0 bridgehead atoms. The first-order valence-electron chi connectivity index (χ1n) is 6.69. The average molecular weight is 315 g/mol. The number of benzene rings is 2. The van der Waals surface area contributed by atoms with Gasteiger partial charge in [0.2, 0.25) is 5.90 Å². The highest BCUT2D eigenvalue weighted by molar-refractivity contribution is 6.12. The number of carbonyl (C=O) groups is 1. The highest BCUT2D eigenvalue weighted by Crippen LogP contribution is 2.24. The maximum absolute atomic E-state index is 13.3. The Labute approximate surface area is 130 Å². The Hall–Kier alpha value is -3.02. The fourth-order valence-corrected chi connectivity index (χ4v) is 2.09. The molecule has 1 aliphatic rings. The van der Waals surface area contributed by atoms with Crippen LogP contribution in [0.5, 0.6) is 5.75 Å². The van der Waals surface area contributed by atoms with E-state index in [1.54, 1.807) is 24.3 Å². The summed E-state index contributed by atoms with van der Waals surface area (Å²) >= 11 is 0. The number of hydrogen-bond donors (Lipinski definition) is 0. The standard InChI is InChI=1S/C17H11F2NO3/c1-22-15-5-3-2-4-10(15)9-14-17(21)23-16(20-14)11-6-7-12(18)13(19)8-11/h2-9H,1H3/b14-9-. The quantitative estimate of drug-likeness (QED) is 0.645. The van der Waals surface area contributed by atoms with Crippen molar-refractivity contribution in [2.45, 2.75) is 0 Å². The molecule has 0 atom stereocenters. The number of ether oxygens (including phenoxy) is 2. The van der Waals surface area contributed by atoms with Gasteiger partial charge in [0.1, 0.15) is 5.75 Å². The summed E-state index contributed by atoms with van der Waals surface area (Å²) in [6.45, 7) is 0. The van der Waals surface area contributed by atoms with Crippen molar-refractivity contribution in [1.82, 2.24) is 0 Å². The van der Waals surface area contributed by atoms with Crippen LogP contribution in [-0.4, -0.2) is 19.0 Å². The van der Waals surface area contributed by atoms with E-state index in [2.05, 4.69) is 4.99 Å². The van der Waals surface area contributed by atoms with Crippen molar-refractivity contribution in [1.29, 1.82) is 0 Å². The van der Waals surface area contributed by atoms with Gasteiger partial charge in [0, 0.05) is 11.1 Å². The molecule has 1 heterocycles. The van der Waals surface area contributed by atoms with Gasteiger partial charge < -0.3 is 9.47 Å². The zero-order valence-corrected chi connectivity index (χ0v) is 12.0. The molecule has 0 amide bonds. The van der Waals surface area contributed by atoms with Gasteiger partial charge in [-0.1, -0.05) is 18.2 Å². The number of esters is 1. The molecule has 2 aromatic carbocycles. The number of aliphatic imine (C=N–C) groups is 1. The molecule has 3 rings (SSSR count). The van der Waals surface area contributed by atoms with Crippen LogP contribution in [0, 0.1) is 11.6 Å². The van der Waals surface area contributed by atoms with Gasteiger partial charge in [-0.25, -0.2) is 18.6 Å². The molecule has 4 nitrogen and oxygen atoms in total. The fourth-order valence-electron chi connectivity index (χ4n) is 2.09. The zero-order valence-electron chi connectivity index (χ0n) is 12.0. The van der Waals surface area contributed by atoms with Crippen LogP contribution >= 0.6 is 0 Å². The number of para-hydroxylation sites is 1. The number of halogens is 2. The topological polar surface area (TPSA) is 47.9 Å². The van der Waals surface area contributed by atoms with Gasteiger partial charge in [0.15, 0.2) is 17.3 Å². The zero-order chi connectivity index (χ0) is 16.4. The summed E-state index contributed by atoms with van der Waals surface area (Å²) in [5.41, 5.74) is 0.882. The Bertz CT molecular complexity index is 843. The smallest absolute Gasteiger partial charge is 0.363 e. The van der Waals surface area contributed by atoms with Crippen molar-refractivity contribution in [3.63, 3.8) is 0 Å². The first-order valence-corrected chi connectivity index (χ1v) is 6.69. The minimum atomic E-state index is -1.04. The molecular formula is C17H11F2NO3. The van der Waals surface area contributed by atoms with Crippen LogP contribution < -0.4 is 4.74 Å². The number of hydrogen-bond acceptors (Lipinski definition) is 4. The van der Waals surface area contributed by atoms with E-state index >= 15 is 0 Å². The fraction of sp³-hybridized carbons (Fsp3) is 0.0588. The van der Waals surface area contributed by atoms with Crippen LogP contribution in [-0.2, 0) is 9.53 Å². The molecule has 0 saturated carbocycles. The second-order valence-corrected chi connectivity index (χ2v) is 4.71. The van der Waals surface area contributed by atoms with Crippen LogP contribution in [0.4, 0.5) is 8.78 Å². The van der Waals surface area contributed by atoms with E-state index in [0.717, 1.165) is 12.1 Å². The molecule has 0 spiro atoms.